The highest BCUT2D eigenvalue weighted by molar-refractivity contribution is 6.03. The molecule has 87 heavy (non-hydrogen) atoms. The number of methoxy groups -OCH3 is 1. The molecule has 0 saturated carbocycles. The molecule has 2 fully saturated rings. The fraction of sp³-hybridized carbons (Fsp3) is 0.741. The molecule has 2 heterocycles. The summed E-state index contributed by atoms with van der Waals surface area (Å²) in [6, 6.07) is -12.9. The summed E-state index contributed by atoms with van der Waals surface area (Å²) in [5.74, 6) is -13.5. The average Bonchev–Trinajstić information content (AvgIpc) is 2.29. The van der Waals surface area contributed by atoms with Crippen molar-refractivity contribution in [3.05, 3.63) is 11.8 Å². The number of Topliss-reactive ketones (excluding diaryl/α,β-unsaturated/α-hetero) is 1. The van der Waals surface area contributed by atoms with Crippen LogP contribution in [0.2, 0.25) is 0 Å². The molecule has 0 aromatic heterocycles. The molecule has 13 atom stereocenters. The third-order valence-corrected chi connectivity index (χ3v) is 15.6. The van der Waals surface area contributed by atoms with Gasteiger partial charge in [0.05, 0.1) is 37.3 Å². The van der Waals surface area contributed by atoms with Gasteiger partial charge in [-0.3, -0.25) is 62.3 Å². The molecule has 2 aliphatic rings. The summed E-state index contributed by atoms with van der Waals surface area (Å²) >= 11 is 0. The molecule has 1 unspecified atom stereocenters. The molecule has 0 spiro atoms. The van der Waals surface area contributed by atoms with Gasteiger partial charge in [-0.15, -0.1) is 0 Å². The zero-order chi connectivity index (χ0) is 65.8. The first-order valence-electron chi connectivity index (χ1n) is 30.2. The van der Waals surface area contributed by atoms with Gasteiger partial charge >= 0.3 is 0 Å². The van der Waals surface area contributed by atoms with Crippen LogP contribution in [0.25, 0.3) is 0 Å². The number of aliphatic hydroxyl groups is 3. The van der Waals surface area contributed by atoms with Gasteiger partial charge in [0, 0.05) is 40.0 Å². The van der Waals surface area contributed by atoms with Gasteiger partial charge in [0.1, 0.15) is 53.8 Å². The van der Waals surface area contributed by atoms with Crippen LogP contribution in [-0.2, 0) is 67.1 Å². The van der Waals surface area contributed by atoms with Gasteiger partial charge in [0.25, 0.3) is 11.8 Å². The summed E-state index contributed by atoms with van der Waals surface area (Å²) in [7, 11) is 2.37. The van der Waals surface area contributed by atoms with Crippen molar-refractivity contribution < 1.29 is 82.4 Å². The lowest BCUT2D eigenvalue weighted by Crippen LogP contribution is -2.62. The summed E-state index contributed by atoms with van der Waals surface area (Å²) in [4.78, 5) is 179. The van der Waals surface area contributed by atoms with Gasteiger partial charge in [-0.25, -0.2) is 0 Å². The van der Waals surface area contributed by atoms with E-state index < -0.39 is 187 Å². The minimum atomic E-state index is -2.04. The monoisotopic (exact) mass is 1230 g/mol. The highest BCUT2D eigenvalue weighted by Gasteiger charge is 2.44. The maximum Gasteiger partial charge on any atom is 0.268 e. The van der Waals surface area contributed by atoms with Gasteiger partial charge in [-0.1, -0.05) is 78.7 Å². The highest BCUT2D eigenvalue weighted by atomic mass is 16.5. The van der Waals surface area contributed by atoms with Crippen molar-refractivity contribution in [1.82, 2.24) is 52.3 Å². The number of carbonyl (C=O) groups excluding carboxylic acids is 13. The molecule has 0 bridgehead atoms. The minimum Gasteiger partial charge on any atom is -0.391 e. The summed E-state index contributed by atoms with van der Waals surface area (Å²) in [5, 5.41) is 52.6. The standard InChI is InChI=1S/C58H98N12O17/c1-11-13-23-36(73)24-20-18-16-14-15-17-19-22-32(5)45-49(77)56(84)65-44(31(3)4)53(81)62-37(12-2)51(79)67-47(34(7)72)55(83)68-46(33(6)71)54(82)63-38(26-27-41(59)74)50(78)61-30-43(76)64-48(35(8)87-10)58(86)69(9)40(29-42(60)75)57(85)70-28-21-25-39(70)52(80)66-45/h12,31-35,38-40,44-49,71-72,77H,11,13-30H2,1-10H3,(H2,59,74)(H2,60,75)(H,61,78)(H,62,81)(H,63,82)(H,64,76)(H,65,84)(H,66,80)(H,67,79)(H,68,83)/b37-12+/t32-,33-,34-,35?,38-,39-,40-,44-,45+,46-,47-,48-,49+/m0/s1. The Bertz CT molecular complexity index is 2420. The zero-order valence-electron chi connectivity index (χ0n) is 52.2. The number of primary amides is 2. The van der Waals surface area contributed by atoms with Crippen molar-refractivity contribution in [3.8, 4) is 0 Å². The number of hydrogen-bond donors (Lipinski definition) is 13. The summed E-state index contributed by atoms with van der Waals surface area (Å²) in [6.07, 6.45) is 2.26. The Morgan fingerprint density at radius 2 is 1.24 bits per heavy atom. The molecule has 29 heteroatoms. The van der Waals surface area contributed by atoms with Crippen molar-refractivity contribution in [2.75, 3.05) is 27.2 Å². The van der Waals surface area contributed by atoms with Crippen LogP contribution >= 0.6 is 0 Å². The van der Waals surface area contributed by atoms with Crippen LogP contribution in [0.15, 0.2) is 11.8 Å². The number of carbonyl (C=O) groups is 13. The summed E-state index contributed by atoms with van der Waals surface area (Å²) in [6.45, 7) is 10.9. The first-order chi connectivity index (χ1) is 40.9. The summed E-state index contributed by atoms with van der Waals surface area (Å²) in [5.41, 5.74) is 10.5. The van der Waals surface area contributed by atoms with E-state index in [9.17, 15) is 77.6 Å². The Morgan fingerprint density at radius 1 is 0.667 bits per heavy atom. The van der Waals surface area contributed by atoms with E-state index in [2.05, 4.69) is 42.5 Å². The van der Waals surface area contributed by atoms with Crippen molar-refractivity contribution in [1.29, 1.82) is 0 Å². The molecule has 0 aromatic rings. The normalized spacial score (nSPS) is 26.1. The van der Waals surface area contributed by atoms with E-state index in [0.29, 0.717) is 25.7 Å². The fourth-order valence-corrected chi connectivity index (χ4v) is 10.1. The lowest BCUT2D eigenvalue weighted by molar-refractivity contribution is -0.151. The van der Waals surface area contributed by atoms with Gasteiger partial charge in [0.2, 0.25) is 59.1 Å². The van der Waals surface area contributed by atoms with E-state index in [1.807, 2.05) is 6.92 Å². The number of rotatable bonds is 24. The SMILES string of the molecule is C/C=C1/NC(=O)[C@H](C(C)C)NC(=O)[C@H](O)[C@@H]([C@@H](C)CCCCCCCCCC(=O)CCCC)NC(=O)[C@@H]2CCCN2C(=O)[C@H](CC(N)=O)N(C)C(=O)[C@H](C(C)OC)NC(=O)CNC(=O)[C@H](CCC(N)=O)NC(=O)[C@H]([C@H](C)O)NC(=O)[C@H]([C@H](C)O)NC1=O. The number of nitrogens with zero attached hydrogens (tertiary/aromatic N) is 2. The molecule has 0 aliphatic carbocycles. The van der Waals surface area contributed by atoms with Crippen LogP contribution in [-0.4, -0.2) is 202 Å². The third kappa shape index (κ3) is 24.9. The number of ether oxygens (including phenoxy) is 1. The van der Waals surface area contributed by atoms with Gasteiger partial charge < -0.3 is 83.9 Å². The van der Waals surface area contributed by atoms with Gasteiger partial charge in [0.15, 0.2) is 6.10 Å². The number of aliphatic hydroxyl groups excluding tert-OH is 3. The Kier molecular flexibility index (Phi) is 33.4. The molecule has 492 valence electrons. The largest absolute Gasteiger partial charge is 0.391 e. The average molecular weight is 1240 g/mol. The number of nitrogens with one attached hydrogen (secondary N) is 8. The predicted molar refractivity (Wildman–Crippen MR) is 316 cm³/mol. The first kappa shape index (κ1) is 76.0. The van der Waals surface area contributed by atoms with Gasteiger partial charge in [-0.2, -0.15) is 0 Å². The third-order valence-electron chi connectivity index (χ3n) is 15.6. The van der Waals surface area contributed by atoms with Crippen LogP contribution in [0.1, 0.15) is 165 Å². The maximum atomic E-state index is 14.7. The number of unbranched alkanes of at least 4 members (excludes halogenated alkanes) is 7. The molecular formula is C58H98N12O17. The van der Waals surface area contributed by atoms with E-state index in [4.69, 9.17) is 16.2 Å². The van der Waals surface area contributed by atoms with E-state index in [0.717, 1.165) is 88.1 Å². The molecule has 29 nitrogen and oxygen atoms in total. The van der Waals surface area contributed by atoms with Crippen molar-refractivity contribution in [2.24, 2.45) is 23.3 Å². The lowest BCUT2D eigenvalue weighted by Gasteiger charge is -2.36. The zero-order valence-corrected chi connectivity index (χ0v) is 52.2. The number of hydrogen-bond acceptors (Lipinski definition) is 17. The molecular weight excluding hydrogens is 1140 g/mol. The molecule has 2 aliphatic heterocycles. The Balaban J connectivity index is 2.73. The van der Waals surface area contributed by atoms with Crippen molar-refractivity contribution in [2.45, 2.75) is 237 Å². The van der Waals surface area contributed by atoms with E-state index in [1.54, 1.807) is 20.8 Å². The van der Waals surface area contributed by atoms with E-state index in [-0.39, 0.29) is 25.2 Å². The van der Waals surface area contributed by atoms with Crippen LogP contribution < -0.4 is 54.0 Å². The second kappa shape index (κ2) is 38.2. The fourth-order valence-electron chi connectivity index (χ4n) is 10.1. The second-order valence-electron chi connectivity index (χ2n) is 23.0. The highest BCUT2D eigenvalue weighted by Crippen LogP contribution is 2.25. The first-order valence-corrected chi connectivity index (χ1v) is 30.2. The number of nitrogens with two attached hydrogens (primary N) is 2. The molecule has 2 saturated heterocycles. The number of fused-ring (bicyclic) bond motifs is 1. The van der Waals surface area contributed by atoms with Crippen LogP contribution in [0.5, 0.6) is 0 Å². The van der Waals surface area contributed by atoms with Crippen LogP contribution in [0.3, 0.4) is 0 Å². The molecule has 0 radical (unpaired) electrons. The topological polar surface area (TPSA) is 447 Å². The summed E-state index contributed by atoms with van der Waals surface area (Å²) < 4.78 is 5.41. The Labute approximate surface area is 509 Å². The van der Waals surface area contributed by atoms with Crippen molar-refractivity contribution in [3.63, 3.8) is 0 Å². The van der Waals surface area contributed by atoms with Crippen LogP contribution in [0.4, 0.5) is 0 Å². The molecule has 12 amide bonds. The molecule has 2 rings (SSSR count). The van der Waals surface area contributed by atoms with Crippen LogP contribution in [0, 0.1) is 11.8 Å². The molecule has 15 N–H and O–H groups in total. The van der Waals surface area contributed by atoms with E-state index in [1.165, 1.54) is 21.0 Å². The quantitative estimate of drug-likeness (QED) is 0.0358. The number of ketones is 1. The second-order valence-corrected chi connectivity index (χ2v) is 23.0. The number of amides is 12. The van der Waals surface area contributed by atoms with Crippen molar-refractivity contribution >= 4 is 76.7 Å². The predicted octanol–water partition coefficient (Wildman–Crippen LogP) is -2.28. The number of allylic oxidation sites excluding steroid dienone is 1. The number of likely N-dealkylation sites (N-methyl/N-ethyl adjacent to an activating group) is 1. The van der Waals surface area contributed by atoms with E-state index >= 15 is 0 Å². The maximum absolute atomic E-state index is 14.7. The smallest absolute Gasteiger partial charge is 0.268 e. The van der Waals surface area contributed by atoms with Gasteiger partial charge in [-0.05, 0) is 78.1 Å². The molecule has 0 aromatic carbocycles. The Hall–Kier alpha value is -7.11. The Morgan fingerprint density at radius 3 is 1.80 bits per heavy atom. The lowest BCUT2D eigenvalue weighted by atomic mass is 9.90. The minimum absolute atomic E-state index is 0.0502.